The zero-order chi connectivity index (χ0) is 14.8. The highest BCUT2D eigenvalue weighted by molar-refractivity contribution is 5.76. The summed E-state index contributed by atoms with van der Waals surface area (Å²) >= 11 is 0. The second-order valence-electron chi connectivity index (χ2n) is 5.60. The fourth-order valence-corrected chi connectivity index (χ4v) is 2.89. The molecule has 20 heavy (non-hydrogen) atoms. The molecule has 2 atom stereocenters. The van der Waals surface area contributed by atoms with E-state index in [9.17, 15) is 9.90 Å². The minimum Gasteiger partial charge on any atom is -0.481 e. The van der Waals surface area contributed by atoms with Gasteiger partial charge in [0.2, 0.25) is 0 Å². The lowest BCUT2D eigenvalue weighted by Crippen LogP contribution is -2.21. The first-order chi connectivity index (χ1) is 9.70. The van der Waals surface area contributed by atoms with E-state index in [1.165, 1.54) is 25.7 Å². The Morgan fingerprint density at radius 1 is 1.05 bits per heavy atom. The molecule has 0 heterocycles. The van der Waals surface area contributed by atoms with Crippen LogP contribution in [0, 0.1) is 5.92 Å². The third kappa shape index (κ3) is 5.36. The number of benzene rings is 1. The van der Waals surface area contributed by atoms with Crippen LogP contribution in [0.4, 0.5) is 0 Å². The Bertz CT molecular complexity index is 372. The van der Waals surface area contributed by atoms with E-state index in [-0.39, 0.29) is 11.8 Å². The second-order valence-corrected chi connectivity index (χ2v) is 5.60. The van der Waals surface area contributed by atoms with Crippen molar-refractivity contribution >= 4 is 5.97 Å². The molecule has 0 spiro atoms. The number of rotatable bonds is 10. The van der Waals surface area contributed by atoms with E-state index in [1.54, 1.807) is 0 Å². The van der Waals surface area contributed by atoms with E-state index in [1.807, 2.05) is 30.3 Å². The normalized spacial score (nSPS) is 13.9. The molecule has 2 nitrogen and oxygen atoms in total. The van der Waals surface area contributed by atoms with E-state index in [4.69, 9.17) is 0 Å². The van der Waals surface area contributed by atoms with Gasteiger partial charge < -0.3 is 5.11 Å². The summed E-state index contributed by atoms with van der Waals surface area (Å²) in [6.07, 6.45) is 8.14. The first kappa shape index (κ1) is 16.7. The molecule has 112 valence electrons. The quantitative estimate of drug-likeness (QED) is 0.593. The first-order valence-electron chi connectivity index (χ1n) is 7.98. The van der Waals surface area contributed by atoms with E-state index in [0.717, 1.165) is 24.8 Å². The fourth-order valence-electron chi connectivity index (χ4n) is 2.89. The van der Waals surface area contributed by atoms with E-state index < -0.39 is 5.97 Å². The highest BCUT2D eigenvalue weighted by atomic mass is 16.4. The van der Waals surface area contributed by atoms with Crippen molar-refractivity contribution in [1.29, 1.82) is 0 Å². The maximum atomic E-state index is 11.6. The molecule has 1 N–H and O–H groups in total. The molecule has 0 saturated carbocycles. The van der Waals surface area contributed by atoms with Crippen molar-refractivity contribution in [3.05, 3.63) is 35.9 Å². The van der Waals surface area contributed by atoms with Crippen LogP contribution in [0.1, 0.15) is 70.3 Å². The first-order valence-corrected chi connectivity index (χ1v) is 7.98. The summed E-state index contributed by atoms with van der Waals surface area (Å²) in [5.41, 5.74) is 0.945. The molecule has 0 aromatic heterocycles. The summed E-state index contributed by atoms with van der Waals surface area (Å²) in [5.74, 6) is -0.791. The van der Waals surface area contributed by atoms with Crippen molar-refractivity contribution in [1.82, 2.24) is 0 Å². The van der Waals surface area contributed by atoms with Crippen LogP contribution in [0.25, 0.3) is 0 Å². The molecule has 0 aliphatic rings. The smallest absolute Gasteiger partial charge is 0.311 e. The van der Waals surface area contributed by atoms with Gasteiger partial charge >= 0.3 is 5.97 Å². The lowest BCUT2D eigenvalue weighted by Gasteiger charge is -2.23. The Balaban J connectivity index is 2.61. The molecular weight excluding hydrogens is 248 g/mol. The third-order valence-corrected chi connectivity index (χ3v) is 4.10. The van der Waals surface area contributed by atoms with Gasteiger partial charge in [-0.15, -0.1) is 0 Å². The van der Waals surface area contributed by atoms with Crippen molar-refractivity contribution in [3.63, 3.8) is 0 Å². The van der Waals surface area contributed by atoms with Crippen LogP contribution in [0.15, 0.2) is 30.3 Å². The van der Waals surface area contributed by atoms with Crippen LogP contribution < -0.4 is 0 Å². The number of carboxylic acids is 1. The summed E-state index contributed by atoms with van der Waals surface area (Å²) in [5, 5.41) is 9.57. The average molecular weight is 276 g/mol. The average Bonchev–Trinajstić information content (AvgIpc) is 2.46. The van der Waals surface area contributed by atoms with Crippen molar-refractivity contribution in [2.24, 2.45) is 5.92 Å². The van der Waals surface area contributed by atoms with Crippen molar-refractivity contribution in [2.45, 2.75) is 64.7 Å². The highest BCUT2D eigenvalue weighted by Gasteiger charge is 2.27. The Kier molecular flexibility index (Phi) is 8.01. The predicted octanol–water partition coefficient (Wildman–Crippen LogP) is 5.24. The molecule has 0 bridgehead atoms. The van der Waals surface area contributed by atoms with Gasteiger partial charge in [-0.3, -0.25) is 4.79 Å². The molecule has 1 rings (SSSR count). The van der Waals surface area contributed by atoms with Crippen molar-refractivity contribution in [2.75, 3.05) is 0 Å². The summed E-state index contributed by atoms with van der Waals surface area (Å²) in [6, 6.07) is 9.68. The number of hydrogen-bond donors (Lipinski definition) is 1. The van der Waals surface area contributed by atoms with Crippen molar-refractivity contribution in [3.8, 4) is 0 Å². The van der Waals surface area contributed by atoms with Gasteiger partial charge in [-0.25, -0.2) is 0 Å². The van der Waals surface area contributed by atoms with Crippen LogP contribution in [0.2, 0.25) is 0 Å². The molecule has 0 amide bonds. The topological polar surface area (TPSA) is 37.3 Å². The third-order valence-electron chi connectivity index (χ3n) is 4.10. The zero-order valence-corrected chi connectivity index (χ0v) is 12.8. The summed E-state index contributed by atoms with van der Waals surface area (Å²) in [7, 11) is 0. The van der Waals surface area contributed by atoms with Crippen LogP contribution >= 0.6 is 0 Å². The molecule has 2 unspecified atom stereocenters. The number of aliphatic carboxylic acids is 1. The van der Waals surface area contributed by atoms with Gasteiger partial charge in [0.25, 0.3) is 0 Å². The largest absolute Gasteiger partial charge is 0.481 e. The van der Waals surface area contributed by atoms with Gasteiger partial charge in [0.1, 0.15) is 0 Å². The van der Waals surface area contributed by atoms with Crippen molar-refractivity contribution < 1.29 is 9.90 Å². The van der Waals surface area contributed by atoms with Crippen LogP contribution in [-0.2, 0) is 4.79 Å². The Labute approximate surface area is 123 Å². The minimum atomic E-state index is -0.684. The monoisotopic (exact) mass is 276 g/mol. The summed E-state index contributed by atoms with van der Waals surface area (Å²) in [4.78, 5) is 11.6. The van der Waals surface area contributed by atoms with E-state index in [2.05, 4.69) is 13.8 Å². The maximum Gasteiger partial charge on any atom is 0.311 e. The molecule has 0 radical (unpaired) electrons. The standard InChI is InChI=1S/C18H28O2/c1-3-5-6-7-9-12-15(4-2)17(18(19)20)16-13-10-8-11-14-16/h8,10-11,13-15,17H,3-7,9,12H2,1-2H3,(H,19,20). The molecule has 1 aromatic carbocycles. The summed E-state index contributed by atoms with van der Waals surface area (Å²) < 4.78 is 0. The molecule has 0 aliphatic heterocycles. The van der Waals surface area contributed by atoms with E-state index in [0.29, 0.717) is 0 Å². The van der Waals surface area contributed by atoms with Gasteiger partial charge in [-0.2, -0.15) is 0 Å². The lowest BCUT2D eigenvalue weighted by molar-refractivity contribution is -0.140. The number of unbranched alkanes of at least 4 members (excludes halogenated alkanes) is 4. The Hall–Kier alpha value is -1.31. The second kappa shape index (κ2) is 9.57. The molecule has 2 heteroatoms. The van der Waals surface area contributed by atoms with Gasteiger partial charge in [0, 0.05) is 0 Å². The van der Waals surface area contributed by atoms with Crippen LogP contribution in [-0.4, -0.2) is 11.1 Å². The predicted molar refractivity (Wildman–Crippen MR) is 84.0 cm³/mol. The molecular formula is C18H28O2. The molecule has 1 aromatic rings. The van der Waals surface area contributed by atoms with Gasteiger partial charge in [-0.1, -0.05) is 82.7 Å². The molecule has 0 saturated heterocycles. The number of carbonyl (C=O) groups is 1. The molecule has 0 aliphatic carbocycles. The SMILES string of the molecule is CCCCCCCC(CC)C(C(=O)O)c1ccccc1. The number of carboxylic acid groups (broad SMARTS) is 1. The maximum absolute atomic E-state index is 11.6. The van der Waals surface area contributed by atoms with Crippen LogP contribution in [0.3, 0.4) is 0 Å². The highest BCUT2D eigenvalue weighted by Crippen LogP contribution is 2.31. The van der Waals surface area contributed by atoms with Gasteiger partial charge in [0.05, 0.1) is 5.92 Å². The van der Waals surface area contributed by atoms with Crippen LogP contribution in [0.5, 0.6) is 0 Å². The van der Waals surface area contributed by atoms with Gasteiger partial charge in [-0.05, 0) is 17.9 Å². The minimum absolute atomic E-state index is 0.247. The van der Waals surface area contributed by atoms with E-state index >= 15 is 0 Å². The van der Waals surface area contributed by atoms with Gasteiger partial charge in [0.15, 0.2) is 0 Å². The Morgan fingerprint density at radius 2 is 1.70 bits per heavy atom. The lowest BCUT2D eigenvalue weighted by atomic mass is 9.81. The molecule has 0 fully saturated rings. The fraction of sp³-hybridized carbons (Fsp3) is 0.611. The zero-order valence-electron chi connectivity index (χ0n) is 12.8. The summed E-state index contributed by atoms with van der Waals surface area (Å²) in [6.45, 7) is 4.32. The Morgan fingerprint density at radius 3 is 2.25 bits per heavy atom. The number of hydrogen-bond acceptors (Lipinski definition) is 1.